The fourth-order valence-electron chi connectivity index (χ4n) is 1.63. The van der Waals surface area contributed by atoms with Crippen molar-refractivity contribution in [1.82, 2.24) is 0 Å². The zero-order chi connectivity index (χ0) is 15.8. The number of hydrogen-bond acceptors (Lipinski definition) is 3. The minimum atomic E-state index is -4.28. The monoisotopic (exact) mass is 336 g/mol. The van der Waals surface area contributed by atoms with E-state index in [9.17, 15) is 21.6 Å². The lowest BCUT2D eigenvalue weighted by Crippen LogP contribution is -2.16. The lowest BCUT2D eigenvalue weighted by Gasteiger charge is -2.12. The second-order valence-corrected chi connectivity index (χ2v) is 6.04. The van der Waals surface area contributed by atoms with Crippen molar-refractivity contribution in [3.63, 3.8) is 0 Å². The van der Waals surface area contributed by atoms with E-state index in [4.69, 9.17) is 17.3 Å². The first-order chi connectivity index (χ1) is 9.72. The lowest BCUT2D eigenvalue weighted by atomic mass is 10.3. The van der Waals surface area contributed by atoms with E-state index in [-0.39, 0.29) is 10.7 Å². The number of benzene rings is 2. The predicted molar refractivity (Wildman–Crippen MR) is 73.0 cm³/mol. The Morgan fingerprint density at radius 2 is 1.67 bits per heavy atom. The second kappa shape index (κ2) is 5.45. The molecule has 0 aliphatic heterocycles. The molecule has 21 heavy (non-hydrogen) atoms. The molecular weight excluding hydrogens is 329 g/mol. The van der Waals surface area contributed by atoms with Crippen molar-refractivity contribution in [2.75, 3.05) is 10.5 Å². The Kier molecular flexibility index (Phi) is 4.02. The van der Waals surface area contributed by atoms with Crippen LogP contribution in [0.2, 0.25) is 5.02 Å². The second-order valence-electron chi connectivity index (χ2n) is 4.02. The molecule has 0 aliphatic rings. The van der Waals surface area contributed by atoms with E-state index >= 15 is 0 Å². The first kappa shape index (κ1) is 15.5. The Bertz CT molecular complexity index is 769. The Hall–Kier alpha value is -1.93. The molecule has 112 valence electrons. The molecule has 0 spiro atoms. The fraction of sp³-hybridized carbons (Fsp3) is 0. The zero-order valence-electron chi connectivity index (χ0n) is 10.2. The van der Waals surface area contributed by atoms with Gasteiger partial charge in [0, 0.05) is 12.1 Å². The third-order valence-electron chi connectivity index (χ3n) is 2.50. The largest absolute Gasteiger partial charge is 0.398 e. The van der Waals surface area contributed by atoms with Crippen molar-refractivity contribution in [3.05, 3.63) is 52.8 Å². The van der Waals surface area contributed by atoms with Gasteiger partial charge in [-0.15, -0.1) is 0 Å². The Labute approximate surface area is 123 Å². The van der Waals surface area contributed by atoms with E-state index in [1.807, 2.05) is 4.72 Å². The number of nitrogen functional groups attached to an aromatic ring is 1. The molecule has 0 atom stereocenters. The molecular formula is C12H8ClF3N2O2S. The smallest absolute Gasteiger partial charge is 0.265 e. The van der Waals surface area contributed by atoms with E-state index in [0.29, 0.717) is 12.1 Å². The van der Waals surface area contributed by atoms with Crippen molar-refractivity contribution in [2.45, 2.75) is 4.90 Å². The molecule has 0 fully saturated rings. The first-order valence-corrected chi connectivity index (χ1v) is 7.30. The van der Waals surface area contributed by atoms with Crippen LogP contribution in [-0.4, -0.2) is 8.42 Å². The highest BCUT2D eigenvalue weighted by atomic mass is 35.5. The molecule has 2 aromatic carbocycles. The summed E-state index contributed by atoms with van der Waals surface area (Å²) in [5.41, 5.74) is 4.90. The number of rotatable bonds is 3. The van der Waals surface area contributed by atoms with Crippen LogP contribution in [0.25, 0.3) is 0 Å². The van der Waals surface area contributed by atoms with Gasteiger partial charge < -0.3 is 5.73 Å². The van der Waals surface area contributed by atoms with Crippen LogP contribution in [0, 0.1) is 17.5 Å². The van der Waals surface area contributed by atoms with Crippen molar-refractivity contribution in [2.24, 2.45) is 0 Å². The van der Waals surface area contributed by atoms with E-state index < -0.39 is 38.1 Å². The molecule has 0 heterocycles. The van der Waals surface area contributed by atoms with Crippen LogP contribution in [0.3, 0.4) is 0 Å². The Morgan fingerprint density at radius 3 is 2.19 bits per heavy atom. The van der Waals surface area contributed by atoms with Gasteiger partial charge in [-0.3, -0.25) is 4.72 Å². The van der Waals surface area contributed by atoms with Crippen LogP contribution >= 0.6 is 11.6 Å². The molecule has 9 heteroatoms. The normalized spacial score (nSPS) is 11.4. The van der Waals surface area contributed by atoms with Crippen LogP contribution in [0.4, 0.5) is 24.5 Å². The molecule has 0 aromatic heterocycles. The third-order valence-corrected chi connectivity index (χ3v) is 4.43. The van der Waals surface area contributed by atoms with Crippen LogP contribution in [0.5, 0.6) is 0 Å². The highest BCUT2D eigenvalue weighted by Crippen LogP contribution is 2.29. The van der Waals surface area contributed by atoms with E-state index in [1.165, 1.54) is 18.2 Å². The molecule has 2 rings (SSSR count). The van der Waals surface area contributed by atoms with Gasteiger partial charge in [-0.05, 0) is 12.1 Å². The summed E-state index contributed by atoms with van der Waals surface area (Å²) in [5, 5.41) is -0.162. The molecule has 4 nitrogen and oxygen atoms in total. The predicted octanol–water partition coefficient (Wildman–Crippen LogP) is 3.14. The van der Waals surface area contributed by atoms with Gasteiger partial charge in [0.05, 0.1) is 16.4 Å². The molecule has 0 radical (unpaired) electrons. The van der Waals surface area contributed by atoms with Crippen LogP contribution in [0.1, 0.15) is 0 Å². The van der Waals surface area contributed by atoms with Gasteiger partial charge in [-0.25, -0.2) is 21.6 Å². The number of nitrogens with one attached hydrogen (secondary N) is 1. The summed E-state index contributed by atoms with van der Waals surface area (Å²) in [5.74, 6) is -4.75. The highest BCUT2D eigenvalue weighted by Gasteiger charge is 2.22. The van der Waals surface area contributed by atoms with Crippen molar-refractivity contribution >= 4 is 33.0 Å². The van der Waals surface area contributed by atoms with Gasteiger partial charge in [-0.1, -0.05) is 17.7 Å². The van der Waals surface area contributed by atoms with Gasteiger partial charge in [0.15, 0.2) is 17.5 Å². The van der Waals surface area contributed by atoms with Crippen molar-refractivity contribution in [3.8, 4) is 0 Å². The maximum Gasteiger partial charge on any atom is 0.265 e. The van der Waals surface area contributed by atoms with E-state index in [0.717, 1.165) is 0 Å². The van der Waals surface area contributed by atoms with Crippen molar-refractivity contribution < 1.29 is 21.6 Å². The van der Waals surface area contributed by atoms with Crippen LogP contribution < -0.4 is 10.5 Å². The maximum atomic E-state index is 13.1. The minimum Gasteiger partial charge on any atom is -0.398 e. The van der Waals surface area contributed by atoms with Crippen LogP contribution in [0.15, 0.2) is 35.2 Å². The summed E-state index contributed by atoms with van der Waals surface area (Å²) >= 11 is 5.76. The van der Waals surface area contributed by atoms with Gasteiger partial charge in [-0.2, -0.15) is 0 Å². The number of hydrogen-bond donors (Lipinski definition) is 2. The zero-order valence-corrected chi connectivity index (χ0v) is 11.8. The lowest BCUT2D eigenvalue weighted by molar-refractivity contribution is 0.448. The fourth-order valence-corrected chi connectivity index (χ4v) is 3.35. The quantitative estimate of drug-likeness (QED) is 0.668. The molecule has 0 saturated carbocycles. The average molecular weight is 337 g/mol. The molecule has 0 saturated heterocycles. The van der Waals surface area contributed by atoms with E-state index in [1.54, 1.807) is 0 Å². The molecule has 0 unspecified atom stereocenters. The summed E-state index contributed by atoms with van der Waals surface area (Å²) in [6.45, 7) is 0. The average Bonchev–Trinajstić information content (AvgIpc) is 2.34. The highest BCUT2D eigenvalue weighted by molar-refractivity contribution is 7.93. The summed E-state index contributed by atoms with van der Waals surface area (Å²) < 4.78 is 65.1. The number of anilines is 2. The summed E-state index contributed by atoms with van der Waals surface area (Å²) in [6.07, 6.45) is 0. The molecule has 0 aliphatic carbocycles. The Balaban J connectivity index is 2.48. The number of nitrogens with two attached hydrogens (primary N) is 1. The van der Waals surface area contributed by atoms with Crippen molar-refractivity contribution in [1.29, 1.82) is 0 Å². The first-order valence-electron chi connectivity index (χ1n) is 5.43. The van der Waals surface area contributed by atoms with Gasteiger partial charge in [0.25, 0.3) is 10.0 Å². The molecule has 0 amide bonds. The van der Waals surface area contributed by atoms with Gasteiger partial charge >= 0.3 is 0 Å². The molecule has 2 aromatic rings. The van der Waals surface area contributed by atoms with Gasteiger partial charge in [0.2, 0.25) is 0 Å². The van der Waals surface area contributed by atoms with Crippen LogP contribution in [-0.2, 0) is 10.0 Å². The summed E-state index contributed by atoms with van der Waals surface area (Å²) in [4.78, 5) is -0.434. The molecule has 3 N–H and O–H groups in total. The van der Waals surface area contributed by atoms with Gasteiger partial charge in [0.1, 0.15) is 4.90 Å². The topological polar surface area (TPSA) is 72.2 Å². The third kappa shape index (κ3) is 3.06. The maximum absolute atomic E-state index is 13.1. The standard InChI is InChI=1S/C12H8ClF3N2O2S/c13-7-2-1-3-10(17)12(7)21(19,20)18-6-4-8(14)11(16)9(15)5-6/h1-5,18H,17H2. The summed E-state index contributed by atoms with van der Waals surface area (Å²) in [6, 6.07) is 5.03. The minimum absolute atomic E-state index is 0.141. The number of sulfonamides is 1. The molecule has 0 bridgehead atoms. The SMILES string of the molecule is Nc1cccc(Cl)c1S(=O)(=O)Nc1cc(F)c(F)c(F)c1. The summed E-state index contributed by atoms with van der Waals surface area (Å²) in [7, 11) is -4.28. The van der Waals surface area contributed by atoms with E-state index in [2.05, 4.69) is 0 Å². The number of halogens is 4. The Morgan fingerprint density at radius 1 is 1.10 bits per heavy atom.